The summed E-state index contributed by atoms with van der Waals surface area (Å²) in [5.74, 6) is 0.533. The van der Waals surface area contributed by atoms with Gasteiger partial charge in [0.1, 0.15) is 6.10 Å². The number of pyridine rings is 1. The summed E-state index contributed by atoms with van der Waals surface area (Å²) in [5, 5.41) is 11.0. The molecule has 8 nitrogen and oxygen atoms in total. The molecule has 1 aliphatic rings. The minimum absolute atomic E-state index is 0.0172. The fourth-order valence-electron chi connectivity index (χ4n) is 3.06. The number of rotatable bonds is 5. The summed E-state index contributed by atoms with van der Waals surface area (Å²) in [7, 11) is -3.79. The fraction of sp³-hybridized carbons (Fsp3) is 0.389. The van der Waals surface area contributed by atoms with E-state index in [4.69, 9.17) is 4.74 Å². The van der Waals surface area contributed by atoms with E-state index in [1.807, 2.05) is 19.1 Å². The number of aryl methyl sites for hydroxylation is 2. The minimum Gasteiger partial charge on any atom is -0.474 e. The topological polar surface area (TPSA) is 103 Å². The largest absolute Gasteiger partial charge is 0.474 e. The van der Waals surface area contributed by atoms with Crippen molar-refractivity contribution in [1.29, 1.82) is 0 Å². The summed E-state index contributed by atoms with van der Waals surface area (Å²) in [6.45, 7) is 4.10. The number of nitro benzene ring substituents is 1. The molecular formula is C18H21N3O5S. The minimum atomic E-state index is -3.79. The summed E-state index contributed by atoms with van der Waals surface area (Å²) in [5.41, 5.74) is 1.11. The molecule has 0 bridgehead atoms. The average Bonchev–Trinajstić information content (AvgIpc) is 2.62. The van der Waals surface area contributed by atoms with Crippen LogP contribution in [-0.2, 0) is 10.0 Å². The molecule has 144 valence electrons. The maximum absolute atomic E-state index is 12.9. The fourth-order valence-corrected chi connectivity index (χ4v) is 4.78. The molecule has 0 aliphatic carbocycles. The lowest BCUT2D eigenvalue weighted by Gasteiger charge is -2.31. The summed E-state index contributed by atoms with van der Waals surface area (Å²) in [6.07, 6.45) is 0.947. The van der Waals surface area contributed by atoms with Crippen LogP contribution in [0.2, 0.25) is 0 Å². The van der Waals surface area contributed by atoms with Crippen molar-refractivity contribution in [3.05, 3.63) is 57.8 Å². The lowest BCUT2D eigenvalue weighted by atomic mass is 10.1. The van der Waals surface area contributed by atoms with Crippen LogP contribution in [0.1, 0.15) is 24.1 Å². The van der Waals surface area contributed by atoms with Crippen LogP contribution in [0, 0.1) is 24.0 Å². The Kier molecular flexibility index (Phi) is 5.43. The van der Waals surface area contributed by atoms with Crippen molar-refractivity contribution in [2.24, 2.45) is 0 Å². The predicted octanol–water partition coefficient (Wildman–Crippen LogP) is 2.84. The number of hydrogen-bond acceptors (Lipinski definition) is 6. The normalized spacial score (nSPS) is 16.2. The van der Waals surface area contributed by atoms with Gasteiger partial charge in [0.2, 0.25) is 15.9 Å². The van der Waals surface area contributed by atoms with Crippen molar-refractivity contribution in [2.75, 3.05) is 13.1 Å². The number of non-ortho nitro benzene ring substituents is 1. The molecule has 1 aromatic heterocycles. The Labute approximate surface area is 158 Å². The molecule has 0 atom stereocenters. The number of hydrogen-bond donors (Lipinski definition) is 0. The van der Waals surface area contributed by atoms with Crippen LogP contribution >= 0.6 is 0 Å². The summed E-state index contributed by atoms with van der Waals surface area (Å²) >= 11 is 0. The molecule has 0 saturated carbocycles. The first-order valence-electron chi connectivity index (χ1n) is 8.63. The van der Waals surface area contributed by atoms with E-state index in [0.29, 0.717) is 37.4 Å². The lowest BCUT2D eigenvalue weighted by molar-refractivity contribution is -0.385. The van der Waals surface area contributed by atoms with Gasteiger partial charge in [-0.25, -0.2) is 13.4 Å². The van der Waals surface area contributed by atoms with Gasteiger partial charge in [-0.3, -0.25) is 10.1 Å². The zero-order valence-corrected chi connectivity index (χ0v) is 16.0. The number of piperidine rings is 1. The molecule has 0 amide bonds. The zero-order valence-electron chi connectivity index (χ0n) is 15.2. The van der Waals surface area contributed by atoms with E-state index in [9.17, 15) is 18.5 Å². The van der Waals surface area contributed by atoms with Crippen LogP contribution in [-0.4, -0.2) is 41.8 Å². The van der Waals surface area contributed by atoms with Crippen LogP contribution in [0.4, 0.5) is 5.69 Å². The van der Waals surface area contributed by atoms with E-state index in [1.54, 1.807) is 13.0 Å². The number of sulfonamides is 1. The van der Waals surface area contributed by atoms with Crippen LogP contribution in [0.15, 0.2) is 41.3 Å². The monoisotopic (exact) mass is 391 g/mol. The first-order valence-corrected chi connectivity index (χ1v) is 10.1. The second kappa shape index (κ2) is 7.61. The summed E-state index contributed by atoms with van der Waals surface area (Å²) in [4.78, 5) is 14.7. The third-order valence-electron chi connectivity index (χ3n) is 4.55. The van der Waals surface area contributed by atoms with Gasteiger partial charge in [-0.1, -0.05) is 12.1 Å². The van der Waals surface area contributed by atoms with Crippen molar-refractivity contribution in [2.45, 2.75) is 37.7 Å². The van der Waals surface area contributed by atoms with Gasteiger partial charge in [0, 0.05) is 37.0 Å². The molecule has 2 heterocycles. The third kappa shape index (κ3) is 4.25. The molecule has 27 heavy (non-hydrogen) atoms. The van der Waals surface area contributed by atoms with Gasteiger partial charge < -0.3 is 4.74 Å². The Morgan fingerprint density at radius 3 is 2.52 bits per heavy atom. The molecule has 0 unspecified atom stereocenters. The molecule has 0 N–H and O–H groups in total. The average molecular weight is 391 g/mol. The highest BCUT2D eigenvalue weighted by Crippen LogP contribution is 2.27. The van der Waals surface area contributed by atoms with E-state index in [2.05, 4.69) is 4.98 Å². The third-order valence-corrected chi connectivity index (χ3v) is 6.59. The lowest BCUT2D eigenvalue weighted by Crippen LogP contribution is -2.42. The van der Waals surface area contributed by atoms with E-state index < -0.39 is 14.9 Å². The molecule has 1 aromatic carbocycles. The van der Waals surface area contributed by atoms with Crippen molar-refractivity contribution in [1.82, 2.24) is 9.29 Å². The number of aromatic nitrogens is 1. The second-order valence-electron chi connectivity index (χ2n) is 6.55. The predicted molar refractivity (Wildman–Crippen MR) is 99.2 cm³/mol. The number of nitrogens with zero attached hydrogens (tertiary/aromatic N) is 3. The Hall–Kier alpha value is -2.52. The first kappa shape index (κ1) is 19.2. The van der Waals surface area contributed by atoms with Gasteiger partial charge in [-0.05, 0) is 38.3 Å². The van der Waals surface area contributed by atoms with Crippen LogP contribution in [0.5, 0.6) is 5.88 Å². The van der Waals surface area contributed by atoms with Crippen LogP contribution < -0.4 is 4.74 Å². The molecule has 3 rings (SSSR count). The smallest absolute Gasteiger partial charge is 0.270 e. The highest BCUT2D eigenvalue weighted by molar-refractivity contribution is 7.89. The number of ether oxygens (including phenoxy) is 1. The molecule has 2 aromatic rings. The summed E-state index contributed by atoms with van der Waals surface area (Å²) in [6, 6.07) is 9.42. The first-order chi connectivity index (χ1) is 12.8. The molecule has 1 fully saturated rings. The SMILES string of the molecule is Cc1cccc(OC2CCN(S(=O)(=O)c3cc([N+](=O)[O-])ccc3C)CC2)n1. The molecule has 1 aliphatic heterocycles. The molecule has 0 radical (unpaired) electrons. The molecular weight excluding hydrogens is 370 g/mol. The van der Waals surface area contributed by atoms with Crippen molar-refractivity contribution >= 4 is 15.7 Å². The Balaban J connectivity index is 1.71. The van der Waals surface area contributed by atoms with E-state index in [0.717, 1.165) is 11.8 Å². The van der Waals surface area contributed by atoms with Gasteiger partial charge >= 0.3 is 0 Å². The van der Waals surface area contributed by atoms with Crippen LogP contribution in [0.25, 0.3) is 0 Å². The maximum atomic E-state index is 12.9. The number of nitro groups is 1. The second-order valence-corrected chi connectivity index (χ2v) is 8.45. The molecule has 1 saturated heterocycles. The van der Waals surface area contributed by atoms with Gasteiger partial charge in [0.15, 0.2) is 0 Å². The molecule has 9 heteroatoms. The Morgan fingerprint density at radius 1 is 1.19 bits per heavy atom. The van der Waals surface area contributed by atoms with Crippen molar-refractivity contribution in [3.63, 3.8) is 0 Å². The summed E-state index contributed by atoms with van der Waals surface area (Å²) < 4.78 is 33.1. The molecule has 0 spiro atoms. The Morgan fingerprint density at radius 2 is 1.89 bits per heavy atom. The van der Waals surface area contributed by atoms with E-state index in [1.165, 1.54) is 16.4 Å². The zero-order chi connectivity index (χ0) is 19.6. The van der Waals surface area contributed by atoms with Crippen molar-refractivity contribution in [3.8, 4) is 5.88 Å². The van der Waals surface area contributed by atoms with Crippen LogP contribution in [0.3, 0.4) is 0 Å². The highest BCUT2D eigenvalue weighted by Gasteiger charge is 2.32. The van der Waals surface area contributed by atoms with Gasteiger partial charge in [0.25, 0.3) is 5.69 Å². The maximum Gasteiger partial charge on any atom is 0.270 e. The highest BCUT2D eigenvalue weighted by atomic mass is 32.2. The van der Waals surface area contributed by atoms with Gasteiger partial charge in [-0.15, -0.1) is 0 Å². The van der Waals surface area contributed by atoms with E-state index in [-0.39, 0.29) is 16.7 Å². The standard InChI is InChI=1S/C18H21N3O5S/c1-13-6-7-15(21(22)23)12-17(13)27(24,25)20-10-8-16(9-11-20)26-18-5-3-4-14(2)19-18/h3-7,12,16H,8-11H2,1-2H3. The number of benzene rings is 1. The Bertz CT molecular complexity index is 953. The van der Waals surface area contributed by atoms with Crippen molar-refractivity contribution < 1.29 is 18.1 Å². The van der Waals surface area contributed by atoms with E-state index >= 15 is 0 Å². The quantitative estimate of drug-likeness (QED) is 0.574. The van der Waals surface area contributed by atoms with Gasteiger partial charge in [-0.2, -0.15) is 4.31 Å². The van der Waals surface area contributed by atoms with Gasteiger partial charge in [0.05, 0.1) is 9.82 Å².